The molecule has 2 nitrogen and oxygen atoms in total. The molecule has 1 radical (unpaired) electrons. The first-order valence-electron chi connectivity index (χ1n) is 5.31. The summed E-state index contributed by atoms with van der Waals surface area (Å²) in [5, 5.41) is 8.06. The van der Waals surface area contributed by atoms with E-state index in [-0.39, 0.29) is 0 Å². The van der Waals surface area contributed by atoms with Crippen LogP contribution < -0.4 is 0 Å². The topological polar surface area (TPSA) is 25.8 Å². The molecule has 0 saturated heterocycles. The third-order valence-corrected chi connectivity index (χ3v) is 2.51. The van der Waals surface area contributed by atoms with Crippen molar-refractivity contribution in [3.05, 3.63) is 54.2 Å². The van der Waals surface area contributed by atoms with Gasteiger partial charge in [-0.25, -0.2) is 0 Å². The van der Waals surface area contributed by atoms with Crippen LogP contribution in [0.2, 0.25) is 0 Å². The van der Waals surface area contributed by atoms with Crippen LogP contribution in [0.4, 0.5) is 0 Å². The van der Waals surface area contributed by atoms with Crippen molar-refractivity contribution in [1.82, 2.24) is 10.2 Å². The molecule has 0 aliphatic rings. The predicted octanol–water partition coefficient (Wildman–Crippen LogP) is 3.15. The maximum Gasteiger partial charge on any atom is 0.0938 e. The maximum atomic E-state index is 4.15. The van der Waals surface area contributed by atoms with E-state index in [1.807, 2.05) is 30.3 Å². The quantitative estimate of drug-likeness (QED) is 0.776. The van der Waals surface area contributed by atoms with Crippen molar-refractivity contribution in [1.29, 1.82) is 0 Å². The fourth-order valence-electron chi connectivity index (χ4n) is 1.75. The molecule has 2 rings (SSSR count). The van der Waals surface area contributed by atoms with Crippen LogP contribution in [-0.2, 0) is 6.42 Å². The summed E-state index contributed by atoms with van der Waals surface area (Å²) in [5.74, 6) is 0. The van der Waals surface area contributed by atoms with Gasteiger partial charge in [0.05, 0.1) is 5.69 Å². The highest BCUT2D eigenvalue weighted by molar-refractivity contribution is 5.75. The zero-order valence-corrected chi connectivity index (χ0v) is 9.27. The van der Waals surface area contributed by atoms with Crippen molar-refractivity contribution in [2.45, 2.75) is 13.3 Å². The zero-order chi connectivity index (χ0) is 11.4. The Balaban J connectivity index is 2.66. The van der Waals surface area contributed by atoms with Gasteiger partial charge in [0, 0.05) is 11.8 Å². The second-order valence-electron chi connectivity index (χ2n) is 3.45. The van der Waals surface area contributed by atoms with Crippen LogP contribution in [0.15, 0.2) is 37.0 Å². The van der Waals surface area contributed by atoms with Gasteiger partial charge in [-0.05, 0) is 35.7 Å². The minimum atomic E-state index is 0.881. The highest BCUT2D eigenvalue weighted by atomic mass is 15.1. The first-order valence-corrected chi connectivity index (χ1v) is 5.31. The summed E-state index contributed by atoms with van der Waals surface area (Å²) >= 11 is 0. The van der Waals surface area contributed by atoms with Crippen LogP contribution in [0.3, 0.4) is 0 Å². The molecule has 1 aromatic heterocycles. The second kappa shape index (κ2) is 4.71. The van der Waals surface area contributed by atoms with Crippen LogP contribution in [0, 0.1) is 6.07 Å². The highest BCUT2D eigenvalue weighted by Gasteiger charge is 2.08. The van der Waals surface area contributed by atoms with Gasteiger partial charge in [0.15, 0.2) is 0 Å². The van der Waals surface area contributed by atoms with Crippen LogP contribution in [0.1, 0.15) is 18.1 Å². The molecule has 0 aliphatic carbocycles. The molecule has 1 heterocycles. The summed E-state index contributed by atoms with van der Waals surface area (Å²) in [7, 11) is 0. The minimum absolute atomic E-state index is 0.881. The van der Waals surface area contributed by atoms with Gasteiger partial charge in [0.25, 0.3) is 0 Å². The molecule has 0 N–H and O–H groups in total. The molecule has 16 heavy (non-hydrogen) atoms. The molecule has 2 aromatic rings. The van der Waals surface area contributed by atoms with E-state index < -0.39 is 0 Å². The third-order valence-electron chi connectivity index (χ3n) is 2.51. The van der Waals surface area contributed by atoms with E-state index in [1.54, 1.807) is 6.20 Å². The third kappa shape index (κ3) is 1.87. The number of hydrogen-bond acceptors (Lipinski definition) is 2. The number of aromatic nitrogens is 2. The van der Waals surface area contributed by atoms with Crippen molar-refractivity contribution < 1.29 is 0 Å². The number of nitrogens with zero attached hydrogens (tertiary/aromatic N) is 2. The van der Waals surface area contributed by atoms with Gasteiger partial charge in [-0.15, -0.1) is 0 Å². The lowest BCUT2D eigenvalue weighted by molar-refractivity contribution is 1.03. The summed E-state index contributed by atoms with van der Waals surface area (Å²) in [4.78, 5) is 0. The van der Waals surface area contributed by atoms with E-state index >= 15 is 0 Å². The molecule has 0 saturated carbocycles. The van der Waals surface area contributed by atoms with Crippen molar-refractivity contribution in [2.75, 3.05) is 0 Å². The summed E-state index contributed by atoms with van der Waals surface area (Å²) in [6.45, 7) is 5.94. The van der Waals surface area contributed by atoms with E-state index in [0.29, 0.717) is 0 Å². The zero-order valence-electron chi connectivity index (χ0n) is 9.27. The lowest BCUT2D eigenvalue weighted by atomic mass is 9.96. The first-order chi connectivity index (χ1) is 7.86. The Bertz CT molecular complexity index is 489. The van der Waals surface area contributed by atoms with Crippen molar-refractivity contribution in [2.24, 2.45) is 0 Å². The number of benzene rings is 1. The molecule has 0 atom stereocenters. The summed E-state index contributed by atoms with van der Waals surface area (Å²) < 4.78 is 0. The van der Waals surface area contributed by atoms with Crippen molar-refractivity contribution >= 4 is 6.08 Å². The molecular formula is C14H13N2. The van der Waals surface area contributed by atoms with Gasteiger partial charge in [-0.2, -0.15) is 10.2 Å². The SMILES string of the molecule is C=Cc1cc[c]c(CC)c1-c1cccnn1. The highest BCUT2D eigenvalue weighted by Crippen LogP contribution is 2.26. The van der Waals surface area contributed by atoms with Gasteiger partial charge < -0.3 is 0 Å². The van der Waals surface area contributed by atoms with Crippen LogP contribution in [0.25, 0.3) is 17.3 Å². The van der Waals surface area contributed by atoms with Crippen molar-refractivity contribution in [3.8, 4) is 11.3 Å². The Morgan fingerprint density at radius 1 is 1.44 bits per heavy atom. The normalized spacial score (nSPS) is 10.1. The Labute approximate surface area is 95.7 Å². The standard InChI is InChI=1S/C14H13N2/c1-3-11-7-5-8-12(4-2)14(11)13-9-6-10-15-16-13/h3,5-7,9-10H,1,4H2,2H3. The van der Waals surface area contributed by atoms with Gasteiger partial charge in [-0.3, -0.25) is 0 Å². The van der Waals surface area contributed by atoms with Gasteiger partial charge in [-0.1, -0.05) is 31.7 Å². The van der Waals surface area contributed by atoms with Crippen LogP contribution in [0.5, 0.6) is 0 Å². The molecule has 0 bridgehead atoms. The van der Waals surface area contributed by atoms with Gasteiger partial charge in [0.2, 0.25) is 0 Å². The molecule has 1 aromatic carbocycles. The summed E-state index contributed by atoms with van der Waals surface area (Å²) in [6, 6.07) is 11.0. The van der Waals surface area contributed by atoms with E-state index in [9.17, 15) is 0 Å². The second-order valence-corrected chi connectivity index (χ2v) is 3.45. The van der Waals surface area contributed by atoms with E-state index in [2.05, 4.69) is 29.8 Å². The van der Waals surface area contributed by atoms with Gasteiger partial charge >= 0.3 is 0 Å². The average Bonchev–Trinajstić information content (AvgIpc) is 2.38. The Morgan fingerprint density at radius 2 is 2.31 bits per heavy atom. The number of aryl methyl sites for hydroxylation is 1. The fraction of sp³-hybridized carbons (Fsp3) is 0.143. The molecule has 0 amide bonds. The Kier molecular flexibility index (Phi) is 3.10. The molecule has 0 aliphatic heterocycles. The number of hydrogen-bond donors (Lipinski definition) is 0. The molecule has 79 valence electrons. The summed E-state index contributed by atoms with van der Waals surface area (Å²) in [6.07, 6.45) is 4.44. The predicted molar refractivity (Wildman–Crippen MR) is 65.8 cm³/mol. The monoisotopic (exact) mass is 209 g/mol. The average molecular weight is 209 g/mol. The molecule has 2 heteroatoms. The van der Waals surface area contributed by atoms with E-state index in [0.717, 1.165) is 28.8 Å². The summed E-state index contributed by atoms with van der Waals surface area (Å²) in [5.41, 5.74) is 4.20. The Morgan fingerprint density at radius 3 is 2.94 bits per heavy atom. The smallest absolute Gasteiger partial charge is 0.0938 e. The largest absolute Gasteiger partial charge is 0.159 e. The van der Waals surface area contributed by atoms with E-state index in [4.69, 9.17) is 0 Å². The molecule has 0 spiro atoms. The molecule has 0 fully saturated rings. The Hall–Kier alpha value is -1.96. The van der Waals surface area contributed by atoms with Crippen LogP contribution in [-0.4, -0.2) is 10.2 Å². The maximum absolute atomic E-state index is 4.15. The molecular weight excluding hydrogens is 196 g/mol. The number of rotatable bonds is 3. The lowest BCUT2D eigenvalue weighted by Gasteiger charge is -2.09. The lowest BCUT2D eigenvalue weighted by Crippen LogP contribution is -1.94. The van der Waals surface area contributed by atoms with Gasteiger partial charge in [0.1, 0.15) is 0 Å². The molecule has 0 unspecified atom stereocenters. The van der Waals surface area contributed by atoms with E-state index in [1.165, 1.54) is 0 Å². The van der Waals surface area contributed by atoms with Crippen molar-refractivity contribution in [3.63, 3.8) is 0 Å². The minimum Gasteiger partial charge on any atom is -0.159 e. The first kappa shape index (κ1) is 10.6. The van der Waals surface area contributed by atoms with Crippen LogP contribution >= 0.6 is 0 Å². The fourth-order valence-corrected chi connectivity index (χ4v) is 1.75.